The predicted octanol–water partition coefficient (Wildman–Crippen LogP) is 0.966. The van der Waals surface area contributed by atoms with Crippen LogP contribution in [0, 0.1) is 0 Å². The van der Waals surface area contributed by atoms with Gasteiger partial charge in [-0.3, -0.25) is 9.59 Å². The van der Waals surface area contributed by atoms with Crippen molar-refractivity contribution in [1.29, 1.82) is 0 Å². The van der Waals surface area contributed by atoms with Crippen LogP contribution in [0.3, 0.4) is 0 Å². The van der Waals surface area contributed by atoms with Crippen LogP contribution in [0.4, 0.5) is 0 Å². The number of ether oxygens (including phenoxy) is 2. The molecule has 0 radical (unpaired) electrons. The molecule has 0 fully saturated rings. The Balaban J connectivity index is 3.09. The van der Waals surface area contributed by atoms with E-state index in [-0.39, 0.29) is 6.42 Å². The van der Waals surface area contributed by atoms with Gasteiger partial charge in [0, 0.05) is 11.6 Å². The lowest BCUT2D eigenvalue weighted by Crippen LogP contribution is -2.23. The van der Waals surface area contributed by atoms with Crippen LogP contribution in [0.1, 0.15) is 18.0 Å². The summed E-state index contributed by atoms with van der Waals surface area (Å²) in [6, 6.07) is 4.35. The maximum absolute atomic E-state index is 10.8. The number of carbonyl (C=O) groups excluding carboxylic acids is 1. The Morgan fingerprint density at radius 3 is 2.67 bits per heavy atom. The fourth-order valence-corrected chi connectivity index (χ4v) is 1.62. The Labute approximate surface area is 105 Å². The van der Waals surface area contributed by atoms with Gasteiger partial charge >= 0.3 is 5.97 Å². The summed E-state index contributed by atoms with van der Waals surface area (Å²) in [6.45, 7) is 0. The maximum Gasteiger partial charge on any atom is 0.305 e. The fourth-order valence-electron chi connectivity index (χ4n) is 1.62. The minimum atomic E-state index is -1.01. The standard InChI is InChI=1S/C12H15NO5/c1-17-8-3-4-9(11(5-8)18-2)10(13-7-14)6-12(15)16/h3-5,7,10H,6H2,1-2H3,(H,13,14)(H,15,16). The van der Waals surface area contributed by atoms with Gasteiger partial charge in [0.1, 0.15) is 11.5 Å². The molecule has 2 N–H and O–H groups in total. The molecule has 18 heavy (non-hydrogen) atoms. The summed E-state index contributed by atoms with van der Waals surface area (Å²) in [5, 5.41) is 11.3. The van der Waals surface area contributed by atoms with Crippen molar-refractivity contribution in [1.82, 2.24) is 5.32 Å². The molecule has 0 spiro atoms. The van der Waals surface area contributed by atoms with E-state index in [1.807, 2.05) is 0 Å². The van der Waals surface area contributed by atoms with Gasteiger partial charge in [-0.05, 0) is 12.1 Å². The van der Waals surface area contributed by atoms with Crippen molar-refractivity contribution in [2.24, 2.45) is 0 Å². The molecule has 0 aliphatic rings. The molecule has 1 atom stereocenters. The molecule has 0 aromatic heterocycles. The van der Waals surface area contributed by atoms with Gasteiger partial charge in [0.15, 0.2) is 0 Å². The quantitative estimate of drug-likeness (QED) is 0.707. The number of benzene rings is 1. The van der Waals surface area contributed by atoms with Crippen LogP contribution < -0.4 is 14.8 Å². The number of carboxylic acid groups (broad SMARTS) is 1. The molecular weight excluding hydrogens is 238 g/mol. The molecule has 0 saturated carbocycles. The lowest BCUT2D eigenvalue weighted by atomic mass is 10.0. The van der Waals surface area contributed by atoms with Gasteiger partial charge in [-0.25, -0.2) is 0 Å². The van der Waals surface area contributed by atoms with Crippen molar-refractivity contribution in [2.75, 3.05) is 14.2 Å². The third kappa shape index (κ3) is 3.38. The van der Waals surface area contributed by atoms with E-state index in [4.69, 9.17) is 14.6 Å². The zero-order valence-corrected chi connectivity index (χ0v) is 10.2. The molecule has 1 amide bonds. The molecule has 0 heterocycles. The number of hydrogen-bond acceptors (Lipinski definition) is 4. The first-order chi connectivity index (χ1) is 8.62. The molecule has 0 aliphatic carbocycles. The molecule has 0 aliphatic heterocycles. The lowest BCUT2D eigenvalue weighted by Gasteiger charge is -2.18. The van der Waals surface area contributed by atoms with Crippen molar-refractivity contribution in [3.63, 3.8) is 0 Å². The number of nitrogens with one attached hydrogen (secondary N) is 1. The molecule has 1 rings (SSSR count). The molecule has 1 aromatic rings. The largest absolute Gasteiger partial charge is 0.497 e. The Bertz CT molecular complexity index is 432. The highest BCUT2D eigenvalue weighted by Crippen LogP contribution is 2.30. The highest BCUT2D eigenvalue weighted by atomic mass is 16.5. The molecule has 1 aromatic carbocycles. The summed E-state index contributed by atoms with van der Waals surface area (Å²) in [6.07, 6.45) is 0.249. The number of amides is 1. The highest BCUT2D eigenvalue weighted by Gasteiger charge is 2.19. The van der Waals surface area contributed by atoms with Crippen LogP contribution in [0.15, 0.2) is 18.2 Å². The number of carbonyl (C=O) groups is 2. The van der Waals surface area contributed by atoms with E-state index in [9.17, 15) is 9.59 Å². The second-order valence-corrected chi connectivity index (χ2v) is 3.54. The number of carboxylic acids is 1. The van der Waals surface area contributed by atoms with Crippen LogP contribution in [-0.2, 0) is 9.59 Å². The summed E-state index contributed by atoms with van der Waals surface area (Å²) in [7, 11) is 2.99. The van der Waals surface area contributed by atoms with Crippen molar-refractivity contribution < 1.29 is 24.2 Å². The van der Waals surface area contributed by atoms with Crippen molar-refractivity contribution in [2.45, 2.75) is 12.5 Å². The minimum Gasteiger partial charge on any atom is -0.497 e. The minimum absolute atomic E-state index is 0.221. The molecule has 6 nitrogen and oxygen atoms in total. The van der Waals surface area contributed by atoms with E-state index in [2.05, 4.69) is 5.32 Å². The van der Waals surface area contributed by atoms with Crippen LogP contribution >= 0.6 is 0 Å². The normalized spacial score (nSPS) is 11.4. The van der Waals surface area contributed by atoms with Gasteiger partial charge in [-0.15, -0.1) is 0 Å². The first kappa shape index (κ1) is 13.8. The maximum atomic E-state index is 10.8. The summed E-state index contributed by atoms with van der Waals surface area (Å²) >= 11 is 0. The van der Waals surface area contributed by atoms with E-state index in [1.54, 1.807) is 18.2 Å². The zero-order chi connectivity index (χ0) is 13.5. The van der Waals surface area contributed by atoms with Gasteiger partial charge in [0.05, 0.1) is 26.7 Å². The predicted molar refractivity (Wildman–Crippen MR) is 63.7 cm³/mol. The van der Waals surface area contributed by atoms with E-state index in [0.717, 1.165) is 0 Å². The average Bonchev–Trinajstić information content (AvgIpc) is 2.37. The van der Waals surface area contributed by atoms with Gasteiger partial charge in [0.2, 0.25) is 6.41 Å². The summed E-state index contributed by atoms with van der Waals surface area (Å²) in [5.74, 6) is 0.0537. The number of rotatable bonds is 7. The van der Waals surface area contributed by atoms with Gasteiger partial charge in [-0.2, -0.15) is 0 Å². The first-order valence-electron chi connectivity index (χ1n) is 5.25. The average molecular weight is 253 g/mol. The Morgan fingerprint density at radius 2 is 2.17 bits per heavy atom. The molecule has 0 bridgehead atoms. The third-order valence-electron chi connectivity index (χ3n) is 2.46. The van der Waals surface area contributed by atoms with Crippen LogP contribution in [0.25, 0.3) is 0 Å². The number of methoxy groups -OCH3 is 2. The first-order valence-corrected chi connectivity index (χ1v) is 5.25. The second-order valence-electron chi connectivity index (χ2n) is 3.54. The Morgan fingerprint density at radius 1 is 1.44 bits per heavy atom. The second kappa shape index (κ2) is 6.48. The van der Waals surface area contributed by atoms with E-state index in [1.165, 1.54) is 14.2 Å². The van der Waals surface area contributed by atoms with Crippen LogP contribution in [0.5, 0.6) is 11.5 Å². The lowest BCUT2D eigenvalue weighted by molar-refractivity contribution is -0.137. The van der Waals surface area contributed by atoms with Crippen LogP contribution in [0.2, 0.25) is 0 Å². The summed E-state index contributed by atoms with van der Waals surface area (Å²) in [4.78, 5) is 21.3. The van der Waals surface area contributed by atoms with E-state index >= 15 is 0 Å². The third-order valence-corrected chi connectivity index (χ3v) is 2.46. The zero-order valence-electron chi connectivity index (χ0n) is 10.2. The molecule has 0 saturated heterocycles. The van der Waals surface area contributed by atoms with Crippen molar-refractivity contribution in [3.8, 4) is 11.5 Å². The number of aliphatic carboxylic acids is 1. The molecule has 1 unspecified atom stereocenters. The molecule has 98 valence electrons. The number of hydrogen-bond donors (Lipinski definition) is 2. The fraction of sp³-hybridized carbons (Fsp3) is 0.333. The van der Waals surface area contributed by atoms with Gasteiger partial charge in [-0.1, -0.05) is 0 Å². The Hall–Kier alpha value is -2.24. The summed E-state index contributed by atoms with van der Waals surface area (Å²) in [5.41, 5.74) is 0.591. The van der Waals surface area contributed by atoms with E-state index in [0.29, 0.717) is 23.5 Å². The Kier molecular flexibility index (Phi) is 4.98. The topological polar surface area (TPSA) is 84.9 Å². The van der Waals surface area contributed by atoms with Crippen molar-refractivity contribution >= 4 is 12.4 Å². The molecular formula is C12H15NO5. The summed E-state index contributed by atoms with van der Waals surface area (Å²) < 4.78 is 10.2. The van der Waals surface area contributed by atoms with Crippen molar-refractivity contribution in [3.05, 3.63) is 23.8 Å². The monoisotopic (exact) mass is 253 g/mol. The SMILES string of the molecule is COc1ccc(C(CC(=O)O)NC=O)c(OC)c1. The molecule has 6 heteroatoms. The van der Waals surface area contributed by atoms with Crippen LogP contribution in [-0.4, -0.2) is 31.7 Å². The smallest absolute Gasteiger partial charge is 0.305 e. The van der Waals surface area contributed by atoms with Gasteiger partial charge in [0.25, 0.3) is 0 Å². The highest BCUT2D eigenvalue weighted by molar-refractivity contribution is 5.69. The van der Waals surface area contributed by atoms with Gasteiger partial charge < -0.3 is 19.9 Å². The van der Waals surface area contributed by atoms with E-state index < -0.39 is 12.0 Å².